The number of hydrogen-bond donors (Lipinski definition) is 2. The maximum atomic E-state index is 12.3. The molecule has 0 aliphatic heterocycles. The van der Waals surface area contributed by atoms with Crippen LogP contribution in [-0.4, -0.2) is 41.3 Å². The second kappa shape index (κ2) is 9.09. The van der Waals surface area contributed by atoms with E-state index in [2.05, 4.69) is 4.72 Å². The van der Waals surface area contributed by atoms with E-state index in [9.17, 15) is 8.42 Å². The van der Waals surface area contributed by atoms with Crippen molar-refractivity contribution < 1.29 is 17.9 Å². The second-order valence-electron chi connectivity index (χ2n) is 5.50. The molecule has 126 valence electrons. The molecule has 1 rings (SSSR count). The molecule has 1 aromatic rings. The van der Waals surface area contributed by atoms with Crippen molar-refractivity contribution in [2.45, 2.75) is 31.2 Å². The van der Waals surface area contributed by atoms with Crippen molar-refractivity contribution in [3.8, 4) is 5.75 Å². The monoisotopic (exact) mass is 330 g/mol. The number of benzene rings is 1. The Balaban J connectivity index is 2.72. The average Bonchev–Trinajstić information content (AvgIpc) is 2.46. The molecule has 0 spiro atoms. The number of nitrogens with two attached hydrogens (primary N) is 1. The standard InChI is InChI=1S/C15H26N2O4S/c1-12(2)10-13(11-16)17-22(18,19)15-6-4-14(5-7-15)21-9-8-20-3/h4-7,12-13,17H,8-11,16H2,1-3H3. The zero-order valence-corrected chi connectivity index (χ0v) is 14.2. The van der Waals surface area contributed by atoms with E-state index in [0.29, 0.717) is 31.3 Å². The van der Waals surface area contributed by atoms with Gasteiger partial charge in [-0.1, -0.05) is 13.8 Å². The Morgan fingerprint density at radius 2 is 1.82 bits per heavy atom. The van der Waals surface area contributed by atoms with Crippen LogP contribution in [0.2, 0.25) is 0 Å². The van der Waals surface area contributed by atoms with Crippen molar-refractivity contribution >= 4 is 10.0 Å². The molecule has 0 saturated carbocycles. The maximum absolute atomic E-state index is 12.3. The Labute approximate surface area is 133 Å². The van der Waals surface area contributed by atoms with Gasteiger partial charge in [-0.25, -0.2) is 13.1 Å². The minimum absolute atomic E-state index is 0.203. The lowest BCUT2D eigenvalue weighted by atomic mass is 10.1. The molecule has 0 radical (unpaired) electrons. The van der Waals surface area contributed by atoms with Crippen LogP contribution >= 0.6 is 0 Å². The Hall–Kier alpha value is -1.15. The van der Waals surface area contributed by atoms with E-state index in [1.54, 1.807) is 19.2 Å². The van der Waals surface area contributed by atoms with Gasteiger partial charge in [0, 0.05) is 19.7 Å². The van der Waals surface area contributed by atoms with Gasteiger partial charge in [0.05, 0.1) is 11.5 Å². The van der Waals surface area contributed by atoms with Crippen LogP contribution in [0.15, 0.2) is 29.2 Å². The number of hydrogen-bond acceptors (Lipinski definition) is 5. The highest BCUT2D eigenvalue weighted by molar-refractivity contribution is 7.89. The molecule has 0 bridgehead atoms. The van der Waals surface area contributed by atoms with Crippen molar-refractivity contribution in [2.24, 2.45) is 11.7 Å². The largest absolute Gasteiger partial charge is 0.491 e. The Morgan fingerprint density at radius 1 is 1.18 bits per heavy atom. The van der Waals surface area contributed by atoms with E-state index < -0.39 is 10.0 Å². The van der Waals surface area contributed by atoms with E-state index in [1.165, 1.54) is 12.1 Å². The molecule has 3 N–H and O–H groups in total. The summed E-state index contributed by atoms with van der Waals surface area (Å²) in [4.78, 5) is 0.203. The molecule has 0 saturated heterocycles. The molecule has 0 aliphatic rings. The first-order valence-corrected chi connectivity index (χ1v) is 8.81. The highest BCUT2D eigenvalue weighted by Gasteiger charge is 2.20. The van der Waals surface area contributed by atoms with Crippen LogP contribution in [-0.2, 0) is 14.8 Å². The number of sulfonamides is 1. The summed E-state index contributed by atoms with van der Waals surface area (Å²) in [6, 6.07) is 6.04. The van der Waals surface area contributed by atoms with Crippen LogP contribution < -0.4 is 15.2 Å². The minimum atomic E-state index is -3.57. The maximum Gasteiger partial charge on any atom is 0.240 e. The SMILES string of the molecule is COCCOc1ccc(S(=O)(=O)NC(CN)CC(C)C)cc1. The first-order valence-electron chi connectivity index (χ1n) is 7.33. The highest BCUT2D eigenvalue weighted by atomic mass is 32.2. The van der Waals surface area contributed by atoms with Crippen LogP contribution in [0.25, 0.3) is 0 Å². The summed E-state index contributed by atoms with van der Waals surface area (Å²) in [6.45, 7) is 5.24. The van der Waals surface area contributed by atoms with E-state index in [0.717, 1.165) is 0 Å². The van der Waals surface area contributed by atoms with Gasteiger partial charge in [-0.15, -0.1) is 0 Å². The molecule has 0 aromatic heterocycles. The third-order valence-electron chi connectivity index (χ3n) is 3.05. The van der Waals surface area contributed by atoms with Gasteiger partial charge in [0.25, 0.3) is 0 Å². The fraction of sp³-hybridized carbons (Fsp3) is 0.600. The smallest absolute Gasteiger partial charge is 0.240 e. The van der Waals surface area contributed by atoms with Crippen molar-refractivity contribution in [3.63, 3.8) is 0 Å². The van der Waals surface area contributed by atoms with Gasteiger partial charge in [-0.2, -0.15) is 0 Å². The Kier molecular flexibility index (Phi) is 7.81. The minimum Gasteiger partial charge on any atom is -0.491 e. The molecule has 1 atom stereocenters. The first kappa shape index (κ1) is 18.9. The predicted molar refractivity (Wildman–Crippen MR) is 86.4 cm³/mol. The Bertz CT molecular complexity index is 529. The quantitative estimate of drug-likeness (QED) is 0.632. The second-order valence-corrected chi connectivity index (χ2v) is 7.21. The Morgan fingerprint density at radius 3 is 2.32 bits per heavy atom. The zero-order chi connectivity index (χ0) is 16.6. The fourth-order valence-corrected chi connectivity index (χ4v) is 3.27. The van der Waals surface area contributed by atoms with Gasteiger partial charge in [-0.3, -0.25) is 0 Å². The molecule has 0 heterocycles. The number of ether oxygens (including phenoxy) is 2. The fourth-order valence-electron chi connectivity index (χ4n) is 2.01. The summed E-state index contributed by atoms with van der Waals surface area (Å²) < 4.78 is 37.6. The molecule has 22 heavy (non-hydrogen) atoms. The number of rotatable bonds is 10. The molecule has 0 amide bonds. The summed E-state index contributed by atoms with van der Waals surface area (Å²) >= 11 is 0. The predicted octanol–water partition coefficient (Wildman–Crippen LogP) is 1.36. The van der Waals surface area contributed by atoms with Crippen molar-refractivity contribution in [1.82, 2.24) is 4.72 Å². The van der Waals surface area contributed by atoms with Crippen LogP contribution in [0.3, 0.4) is 0 Å². The number of methoxy groups -OCH3 is 1. The van der Waals surface area contributed by atoms with Crippen LogP contribution in [0, 0.1) is 5.92 Å². The molecule has 6 nitrogen and oxygen atoms in total. The van der Waals surface area contributed by atoms with Gasteiger partial charge >= 0.3 is 0 Å². The highest BCUT2D eigenvalue weighted by Crippen LogP contribution is 2.17. The zero-order valence-electron chi connectivity index (χ0n) is 13.4. The summed E-state index contributed by atoms with van der Waals surface area (Å²) in [7, 11) is -1.98. The summed E-state index contributed by atoms with van der Waals surface area (Å²) in [5.41, 5.74) is 5.64. The third kappa shape index (κ3) is 6.31. The van der Waals surface area contributed by atoms with Crippen LogP contribution in [0.4, 0.5) is 0 Å². The lowest BCUT2D eigenvalue weighted by Gasteiger charge is -2.19. The molecular weight excluding hydrogens is 304 g/mol. The van der Waals surface area contributed by atoms with E-state index in [1.807, 2.05) is 13.8 Å². The summed E-state index contributed by atoms with van der Waals surface area (Å²) in [5, 5.41) is 0. The molecular formula is C15H26N2O4S. The van der Waals surface area contributed by atoms with Gasteiger partial charge in [-0.05, 0) is 36.6 Å². The topological polar surface area (TPSA) is 90.6 Å². The average molecular weight is 330 g/mol. The van der Waals surface area contributed by atoms with Gasteiger partial charge in [0.15, 0.2) is 0 Å². The molecule has 1 aromatic carbocycles. The molecule has 0 aliphatic carbocycles. The van der Waals surface area contributed by atoms with Crippen molar-refractivity contribution in [1.29, 1.82) is 0 Å². The van der Waals surface area contributed by atoms with Crippen molar-refractivity contribution in [2.75, 3.05) is 26.9 Å². The lowest BCUT2D eigenvalue weighted by Crippen LogP contribution is -2.40. The molecule has 7 heteroatoms. The van der Waals surface area contributed by atoms with E-state index in [-0.39, 0.29) is 17.5 Å². The van der Waals surface area contributed by atoms with Gasteiger partial charge < -0.3 is 15.2 Å². The van der Waals surface area contributed by atoms with Crippen molar-refractivity contribution in [3.05, 3.63) is 24.3 Å². The van der Waals surface area contributed by atoms with Gasteiger partial charge in [0.2, 0.25) is 10.0 Å². The molecule has 0 fully saturated rings. The van der Waals surface area contributed by atoms with Gasteiger partial charge in [0.1, 0.15) is 12.4 Å². The normalized spacial score (nSPS) is 13.3. The van der Waals surface area contributed by atoms with Crippen LogP contribution in [0.5, 0.6) is 5.75 Å². The summed E-state index contributed by atoms with van der Waals surface area (Å²) in [6.07, 6.45) is 0.702. The summed E-state index contributed by atoms with van der Waals surface area (Å²) in [5.74, 6) is 0.973. The lowest BCUT2D eigenvalue weighted by molar-refractivity contribution is 0.146. The number of nitrogens with one attached hydrogen (secondary N) is 1. The first-order chi connectivity index (χ1) is 10.4. The molecule has 1 unspecified atom stereocenters. The van der Waals surface area contributed by atoms with Crippen LogP contribution in [0.1, 0.15) is 20.3 Å². The van der Waals surface area contributed by atoms with E-state index in [4.69, 9.17) is 15.2 Å². The third-order valence-corrected chi connectivity index (χ3v) is 4.59. The van der Waals surface area contributed by atoms with E-state index >= 15 is 0 Å².